The Morgan fingerprint density at radius 2 is 2.56 bits per heavy atom. The molecule has 0 radical (unpaired) electrons. The van der Waals surface area contributed by atoms with Gasteiger partial charge in [-0.3, -0.25) is 4.79 Å². The van der Waals surface area contributed by atoms with Gasteiger partial charge in [-0.1, -0.05) is 6.07 Å². The zero-order valence-electron chi connectivity index (χ0n) is 9.28. The molecule has 1 aliphatic heterocycles. The van der Waals surface area contributed by atoms with Crippen LogP contribution >= 0.6 is 11.3 Å². The van der Waals surface area contributed by atoms with E-state index in [0.29, 0.717) is 19.1 Å². The molecule has 16 heavy (non-hydrogen) atoms. The van der Waals surface area contributed by atoms with Gasteiger partial charge in [-0.05, 0) is 30.7 Å². The van der Waals surface area contributed by atoms with E-state index in [4.69, 9.17) is 4.74 Å². The number of rotatable bonds is 5. The molecule has 0 unspecified atom stereocenters. The molecule has 0 saturated carbocycles. The van der Waals surface area contributed by atoms with Crippen LogP contribution in [0.3, 0.4) is 0 Å². The monoisotopic (exact) mass is 239 g/mol. The summed E-state index contributed by atoms with van der Waals surface area (Å²) in [5.41, 5.74) is 0. The Bertz CT molecular complexity index is 318. The highest BCUT2D eigenvalue weighted by molar-refractivity contribution is 7.09. The zero-order valence-corrected chi connectivity index (χ0v) is 10.1. The molecule has 1 fully saturated rings. The first-order chi connectivity index (χ1) is 7.84. The fraction of sp³-hybridized carbons (Fsp3) is 0.583. The van der Waals surface area contributed by atoms with Crippen LogP contribution in [-0.2, 0) is 16.1 Å². The molecule has 88 valence electrons. The van der Waals surface area contributed by atoms with Gasteiger partial charge in [0, 0.05) is 17.9 Å². The third kappa shape index (κ3) is 3.61. The van der Waals surface area contributed by atoms with Gasteiger partial charge in [-0.2, -0.15) is 0 Å². The van der Waals surface area contributed by atoms with Crippen LogP contribution in [0.4, 0.5) is 0 Å². The summed E-state index contributed by atoms with van der Waals surface area (Å²) in [6, 6.07) is 4.03. The SMILES string of the molecule is O=C(CC[C@@H]1CCCO1)NCc1cccs1. The van der Waals surface area contributed by atoms with Crippen LogP contribution in [0.15, 0.2) is 17.5 Å². The largest absolute Gasteiger partial charge is 0.378 e. The molecule has 0 bridgehead atoms. The van der Waals surface area contributed by atoms with Crippen molar-refractivity contribution in [3.8, 4) is 0 Å². The van der Waals surface area contributed by atoms with E-state index >= 15 is 0 Å². The lowest BCUT2D eigenvalue weighted by atomic mass is 10.1. The summed E-state index contributed by atoms with van der Waals surface area (Å²) in [6.07, 6.45) is 4.00. The molecule has 2 heterocycles. The van der Waals surface area contributed by atoms with E-state index in [-0.39, 0.29) is 5.91 Å². The minimum Gasteiger partial charge on any atom is -0.378 e. The molecule has 0 spiro atoms. The molecule has 1 aliphatic rings. The third-order valence-electron chi connectivity index (χ3n) is 2.76. The molecule has 1 aromatic heterocycles. The highest BCUT2D eigenvalue weighted by Gasteiger charge is 2.16. The summed E-state index contributed by atoms with van der Waals surface area (Å²) in [5.74, 6) is 0.129. The smallest absolute Gasteiger partial charge is 0.220 e. The Morgan fingerprint density at radius 3 is 3.25 bits per heavy atom. The first-order valence-corrected chi connectivity index (χ1v) is 6.63. The fourth-order valence-corrected chi connectivity index (χ4v) is 2.50. The summed E-state index contributed by atoms with van der Waals surface area (Å²) in [6.45, 7) is 1.52. The minimum absolute atomic E-state index is 0.129. The first kappa shape index (κ1) is 11.6. The van der Waals surface area contributed by atoms with E-state index in [1.165, 1.54) is 4.88 Å². The second-order valence-electron chi connectivity index (χ2n) is 4.03. The topological polar surface area (TPSA) is 38.3 Å². The minimum atomic E-state index is 0.129. The van der Waals surface area contributed by atoms with Crippen LogP contribution in [-0.4, -0.2) is 18.6 Å². The molecule has 1 saturated heterocycles. The van der Waals surface area contributed by atoms with Crippen molar-refractivity contribution in [3.63, 3.8) is 0 Å². The maximum absolute atomic E-state index is 11.5. The second kappa shape index (κ2) is 6.01. The predicted molar refractivity (Wildman–Crippen MR) is 64.4 cm³/mol. The van der Waals surface area contributed by atoms with E-state index in [2.05, 4.69) is 5.32 Å². The van der Waals surface area contributed by atoms with Crippen molar-refractivity contribution < 1.29 is 9.53 Å². The molecule has 1 aromatic rings. The lowest BCUT2D eigenvalue weighted by molar-refractivity contribution is -0.121. The molecule has 0 aromatic carbocycles. The summed E-state index contributed by atoms with van der Waals surface area (Å²) < 4.78 is 5.48. The second-order valence-corrected chi connectivity index (χ2v) is 5.06. The van der Waals surface area contributed by atoms with Gasteiger partial charge in [0.1, 0.15) is 0 Å². The van der Waals surface area contributed by atoms with Crippen molar-refractivity contribution in [2.24, 2.45) is 0 Å². The Hall–Kier alpha value is -0.870. The number of hydrogen-bond donors (Lipinski definition) is 1. The average Bonchev–Trinajstić information content (AvgIpc) is 2.96. The predicted octanol–water partition coefficient (Wildman–Crippen LogP) is 2.32. The van der Waals surface area contributed by atoms with Gasteiger partial charge in [0.15, 0.2) is 0 Å². The summed E-state index contributed by atoms with van der Waals surface area (Å²) in [7, 11) is 0. The maximum Gasteiger partial charge on any atom is 0.220 e. The molecule has 1 atom stereocenters. The number of carbonyl (C=O) groups excluding carboxylic acids is 1. The highest BCUT2D eigenvalue weighted by Crippen LogP contribution is 2.16. The number of thiophene rings is 1. The third-order valence-corrected chi connectivity index (χ3v) is 3.63. The fourth-order valence-electron chi connectivity index (χ4n) is 1.85. The van der Waals surface area contributed by atoms with Crippen LogP contribution in [0.5, 0.6) is 0 Å². The number of nitrogens with one attached hydrogen (secondary N) is 1. The Balaban J connectivity index is 1.60. The highest BCUT2D eigenvalue weighted by atomic mass is 32.1. The van der Waals surface area contributed by atoms with Crippen LogP contribution in [0, 0.1) is 0 Å². The van der Waals surface area contributed by atoms with Crippen LogP contribution < -0.4 is 5.32 Å². The lowest BCUT2D eigenvalue weighted by Gasteiger charge is -2.08. The van der Waals surface area contributed by atoms with Gasteiger partial charge >= 0.3 is 0 Å². The molecule has 3 nitrogen and oxygen atoms in total. The number of hydrogen-bond acceptors (Lipinski definition) is 3. The molecule has 0 aliphatic carbocycles. The van der Waals surface area contributed by atoms with E-state index in [1.807, 2.05) is 17.5 Å². The van der Waals surface area contributed by atoms with Gasteiger partial charge in [0.2, 0.25) is 5.91 Å². The van der Waals surface area contributed by atoms with Crippen molar-refractivity contribution in [2.45, 2.75) is 38.3 Å². The van der Waals surface area contributed by atoms with Crippen LogP contribution in [0.25, 0.3) is 0 Å². The van der Waals surface area contributed by atoms with Crippen LogP contribution in [0.2, 0.25) is 0 Å². The summed E-state index contributed by atoms with van der Waals surface area (Å²) >= 11 is 1.67. The molecular weight excluding hydrogens is 222 g/mol. The Morgan fingerprint density at radius 1 is 1.62 bits per heavy atom. The van der Waals surface area contributed by atoms with E-state index in [0.717, 1.165) is 25.9 Å². The van der Waals surface area contributed by atoms with Crippen molar-refractivity contribution in [3.05, 3.63) is 22.4 Å². The quantitative estimate of drug-likeness (QED) is 0.856. The summed E-state index contributed by atoms with van der Waals surface area (Å²) in [4.78, 5) is 12.7. The standard InChI is InChI=1S/C12H17NO2S/c14-12(6-5-10-3-1-7-15-10)13-9-11-4-2-8-16-11/h2,4,8,10H,1,3,5-7,9H2,(H,13,14)/t10-/m0/s1. The summed E-state index contributed by atoms with van der Waals surface area (Å²) in [5, 5.41) is 4.95. The molecule has 1 N–H and O–H groups in total. The van der Waals surface area contributed by atoms with Crippen molar-refractivity contribution in [2.75, 3.05) is 6.61 Å². The van der Waals surface area contributed by atoms with Gasteiger partial charge in [0.05, 0.1) is 12.6 Å². The Labute approximate surface area is 99.8 Å². The van der Waals surface area contributed by atoms with E-state index in [9.17, 15) is 4.79 Å². The van der Waals surface area contributed by atoms with E-state index in [1.54, 1.807) is 11.3 Å². The van der Waals surface area contributed by atoms with Crippen molar-refractivity contribution in [1.29, 1.82) is 0 Å². The molecular formula is C12H17NO2S. The number of carbonyl (C=O) groups is 1. The molecule has 2 rings (SSSR count). The van der Waals surface area contributed by atoms with Gasteiger partial charge in [-0.15, -0.1) is 11.3 Å². The van der Waals surface area contributed by atoms with Crippen molar-refractivity contribution >= 4 is 17.2 Å². The normalized spacial score (nSPS) is 19.9. The van der Waals surface area contributed by atoms with Crippen molar-refractivity contribution in [1.82, 2.24) is 5.32 Å². The van der Waals surface area contributed by atoms with Gasteiger partial charge in [-0.25, -0.2) is 0 Å². The molecule has 1 amide bonds. The lowest BCUT2D eigenvalue weighted by Crippen LogP contribution is -2.23. The average molecular weight is 239 g/mol. The maximum atomic E-state index is 11.5. The first-order valence-electron chi connectivity index (χ1n) is 5.75. The number of amides is 1. The zero-order chi connectivity index (χ0) is 11.2. The molecule has 4 heteroatoms. The Kier molecular flexibility index (Phi) is 4.36. The van der Waals surface area contributed by atoms with Crippen LogP contribution in [0.1, 0.15) is 30.6 Å². The number of ether oxygens (including phenoxy) is 1. The van der Waals surface area contributed by atoms with Gasteiger partial charge in [0.25, 0.3) is 0 Å². The van der Waals surface area contributed by atoms with E-state index < -0.39 is 0 Å². The van der Waals surface area contributed by atoms with Gasteiger partial charge < -0.3 is 10.1 Å².